The molecular formula is C51H54N8O9. The summed E-state index contributed by atoms with van der Waals surface area (Å²) in [5.41, 5.74) is 3.38. The minimum atomic E-state index is -1.24. The van der Waals surface area contributed by atoms with Crippen molar-refractivity contribution in [3.63, 3.8) is 0 Å². The van der Waals surface area contributed by atoms with E-state index >= 15 is 0 Å². The number of nitrogens with one attached hydrogen (secondary N) is 1. The maximum absolute atomic E-state index is 13.5. The van der Waals surface area contributed by atoms with Gasteiger partial charge in [0, 0.05) is 76.4 Å². The van der Waals surface area contributed by atoms with Crippen molar-refractivity contribution in [1.29, 1.82) is 0 Å². The van der Waals surface area contributed by atoms with E-state index in [4.69, 9.17) is 19.4 Å². The number of pyridine rings is 1. The molecule has 10 rings (SSSR count). The Hall–Kier alpha value is -6.82. The Balaban J connectivity index is 0.793. The maximum Gasteiger partial charge on any atom is 0.266 e. The van der Waals surface area contributed by atoms with E-state index < -0.39 is 35.3 Å². The Morgan fingerprint density at radius 1 is 0.838 bits per heavy atom. The van der Waals surface area contributed by atoms with Gasteiger partial charge >= 0.3 is 0 Å². The number of imide groups is 2. The molecule has 4 aliphatic heterocycles. The van der Waals surface area contributed by atoms with E-state index in [1.807, 2.05) is 67.7 Å². The van der Waals surface area contributed by atoms with Crippen molar-refractivity contribution in [2.24, 2.45) is 13.0 Å². The monoisotopic (exact) mass is 922 g/mol. The summed E-state index contributed by atoms with van der Waals surface area (Å²) in [5.74, 6) is -1.61. The second-order valence-corrected chi connectivity index (χ2v) is 18.6. The van der Waals surface area contributed by atoms with E-state index in [-0.39, 0.29) is 60.5 Å². The zero-order valence-electron chi connectivity index (χ0n) is 38.2. The fourth-order valence-corrected chi connectivity index (χ4v) is 10.1. The Morgan fingerprint density at radius 2 is 1.60 bits per heavy atom. The van der Waals surface area contributed by atoms with Gasteiger partial charge in [-0.05, 0) is 92.0 Å². The number of aromatic nitrogens is 3. The lowest BCUT2D eigenvalue weighted by Crippen LogP contribution is -2.54. The van der Waals surface area contributed by atoms with E-state index in [0.717, 1.165) is 77.8 Å². The van der Waals surface area contributed by atoms with Gasteiger partial charge in [0.15, 0.2) is 12.2 Å². The summed E-state index contributed by atoms with van der Waals surface area (Å²) < 4.78 is 14.3. The first-order chi connectivity index (χ1) is 32.9. The van der Waals surface area contributed by atoms with E-state index in [1.165, 1.54) is 12.1 Å². The smallest absolute Gasteiger partial charge is 0.266 e. The quantitative estimate of drug-likeness (QED) is 0.163. The Labute approximate surface area is 392 Å². The molecule has 2 atom stereocenters. The summed E-state index contributed by atoms with van der Waals surface area (Å²) in [7, 11) is 1.75. The molecule has 68 heavy (non-hydrogen) atoms. The normalized spacial score (nSPS) is 20.2. The van der Waals surface area contributed by atoms with Crippen LogP contribution in [0.4, 0.5) is 5.95 Å². The van der Waals surface area contributed by atoms with Crippen LogP contribution in [0.15, 0.2) is 83.8 Å². The van der Waals surface area contributed by atoms with Crippen LogP contribution in [0.5, 0.6) is 5.75 Å². The predicted octanol–water partition coefficient (Wildman–Crippen LogP) is 3.56. The highest BCUT2D eigenvalue weighted by Gasteiger charge is 2.47. The van der Waals surface area contributed by atoms with Crippen LogP contribution in [0.2, 0.25) is 0 Å². The second kappa shape index (κ2) is 18.3. The third kappa shape index (κ3) is 8.54. The fourth-order valence-electron chi connectivity index (χ4n) is 10.1. The zero-order chi connectivity index (χ0) is 47.3. The third-order valence-corrected chi connectivity index (χ3v) is 14.0. The highest BCUT2D eigenvalue weighted by molar-refractivity contribution is 6.24. The summed E-state index contributed by atoms with van der Waals surface area (Å²) in [6, 6.07) is 21.2. The van der Waals surface area contributed by atoms with Gasteiger partial charge in [-0.3, -0.25) is 43.9 Å². The Morgan fingerprint density at radius 3 is 2.31 bits per heavy atom. The van der Waals surface area contributed by atoms with Crippen LogP contribution in [0.25, 0.3) is 22.0 Å². The van der Waals surface area contributed by atoms with E-state index in [0.29, 0.717) is 49.3 Å². The molecule has 17 heteroatoms. The molecule has 5 aliphatic rings. The topological polar surface area (TPSA) is 197 Å². The number of hydrogen-bond donors (Lipinski definition) is 2. The number of aliphatic hydroxyl groups is 1. The summed E-state index contributed by atoms with van der Waals surface area (Å²) in [6.45, 7) is 5.97. The number of carbonyl (C=O) groups is 5. The van der Waals surface area contributed by atoms with Crippen LogP contribution in [0.3, 0.4) is 0 Å². The first-order valence-corrected chi connectivity index (χ1v) is 23.5. The number of piperidine rings is 2. The number of hydrogen-bond acceptors (Lipinski definition) is 13. The zero-order valence-corrected chi connectivity index (χ0v) is 38.2. The van der Waals surface area contributed by atoms with Crippen LogP contribution in [0, 0.1) is 12.8 Å². The number of aryl methyl sites for hydroxylation is 2. The molecule has 17 nitrogen and oxygen atoms in total. The van der Waals surface area contributed by atoms with Crippen molar-refractivity contribution >= 4 is 46.4 Å². The van der Waals surface area contributed by atoms with Crippen LogP contribution < -0.4 is 20.5 Å². The van der Waals surface area contributed by atoms with Gasteiger partial charge in [0.25, 0.3) is 23.3 Å². The van der Waals surface area contributed by atoms with Crippen LogP contribution in [0.1, 0.15) is 76.1 Å². The number of carbonyl (C=O) groups excluding carboxylic acids is 5. The molecule has 0 bridgehead atoms. The average molecular weight is 923 g/mol. The van der Waals surface area contributed by atoms with Crippen molar-refractivity contribution in [3.05, 3.63) is 117 Å². The molecule has 1 aliphatic carbocycles. The van der Waals surface area contributed by atoms with Gasteiger partial charge in [-0.15, -0.1) is 0 Å². The lowest BCUT2D eigenvalue weighted by molar-refractivity contribution is -0.136. The predicted molar refractivity (Wildman–Crippen MR) is 250 cm³/mol. The van der Waals surface area contributed by atoms with Crippen molar-refractivity contribution in [2.75, 3.05) is 63.9 Å². The van der Waals surface area contributed by atoms with Gasteiger partial charge in [-0.2, -0.15) is 0 Å². The summed E-state index contributed by atoms with van der Waals surface area (Å²) in [5, 5.41) is 14.4. The van der Waals surface area contributed by atoms with Crippen molar-refractivity contribution in [1.82, 2.24) is 34.6 Å². The summed E-state index contributed by atoms with van der Waals surface area (Å²) >= 11 is 0. The second-order valence-electron chi connectivity index (χ2n) is 18.6. The fraction of sp³-hybridized carbons (Fsp3) is 0.412. The van der Waals surface area contributed by atoms with E-state index in [9.17, 15) is 33.9 Å². The minimum Gasteiger partial charge on any atom is -0.483 e. The molecule has 1 saturated carbocycles. The molecule has 352 valence electrons. The first kappa shape index (κ1) is 45.0. The van der Waals surface area contributed by atoms with Crippen LogP contribution in [-0.2, 0) is 31.8 Å². The highest BCUT2D eigenvalue weighted by atomic mass is 16.5. The van der Waals surface area contributed by atoms with Gasteiger partial charge in [0.2, 0.25) is 17.8 Å². The van der Waals surface area contributed by atoms with Gasteiger partial charge in [-0.1, -0.05) is 42.5 Å². The third-order valence-electron chi connectivity index (χ3n) is 14.0. The molecule has 2 unspecified atom stereocenters. The standard InChI is InChI=1S/C51H54N8O9/c1-31-25-34(28-55(2)47(31)64)33-11-14-39-38(26-33)45(51(30-60,68-36-12-13-36)35-7-4-3-5-8-35)54-50(52-39)58-19-17-32(18-20-58)27-56-21-23-57(24-22-56)43(62)29-67-41-10-6-9-37-44(41)49(66)59(48(37)65)40-15-16-42(61)53-46(40)63/h3-11,14,25-26,28,32,36,40,60H,12-13,15-24,27,29-30H2,1-2H3,(H,53,61,63). The molecule has 3 aromatic carbocycles. The van der Waals surface area contributed by atoms with Crippen molar-refractivity contribution in [3.8, 4) is 16.9 Å². The number of rotatable bonds is 13. The van der Waals surface area contributed by atoms with Gasteiger partial charge in [0.05, 0.1) is 35.0 Å². The largest absolute Gasteiger partial charge is 0.483 e. The molecule has 0 radical (unpaired) electrons. The van der Waals surface area contributed by atoms with Crippen molar-refractivity contribution in [2.45, 2.75) is 63.2 Å². The summed E-state index contributed by atoms with van der Waals surface area (Å²) in [6.07, 6.45) is 5.52. The molecule has 5 amide bonds. The number of ether oxygens (including phenoxy) is 2. The number of fused-ring (bicyclic) bond motifs is 2. The number of aliphatic hydroxyl groups excluding tert-OH is 1. The number of piperazine rings is 1. The number of anilines is 1. The molecule has 0 spiro atoms. The van der Waals surface area contributed by atoms with Crippen LogP contribution >= 0.6 is 0 Å². The SMILES string of the molecule is Cc1cc(-c2ccc3nc(N4CCC(CN5CCN(C(=O)COc6cccc7c6C(=O)N(C6CCC(=O)NC6=O)C7=O)CC5)CC4)nc(C(CO)(OC4CC4)c4ccccc4)c3c2)cn(C)c1=O. The lowest BCUT2D eigenvalue weighted by atomic mass is 9.87. The number of nitrogens with zero attached hydrogens (tertiary/aromatic N) is 7. The van der Waals surface area contributed by atoms with Crippen molar-refractivity contribution < 1.29 is 38.6 Å². The summed E-state index contributed by atoms with van der Waals surface area (Å²) in [4.78, 5) is 94.6. The number of benzene rings is 3. The lowest BCUT2D eigenvalue weighted by Gasteiger charge is -2.39. The highest BCUT2D eigenvalue weighted by Crippen LogP contribution is 2.43. The molecule has 3 saturated heterocycles. The van der Waals surface area contributed by atoms with E-state index in [1.54, 1.807) is 22.6 Å². The number of amides is 5. The Bertz CT molecular complexity index is 2860. The maximum atomic E-state index is 13.5. The van der Waals surface area contributed by atoms with E-state index in [2.05, 4.69) is 15.1 Å². The Kier molecular flexibility index (Phi) is 12.1. The minimum absolute atomic E-state index is 0.00819. The molecular weight excluding hydrogens is 869 g/mol. The molecule has 6 heterocycles. The molecule has 4 fully saturated rings. The van der Waals surface area contributed by atoms with Gasteiger partial charge in [0.1, 0.15) is 11.8 Å². The average Bonchev–Trinajstić information content (AvgIpc) is 4.14. The van der Waals surface area contributed by atoms with Gasteiger partial charge in [-0.25, -0.2) is 9.97 Å². The van der Waals surface area contributed by atoms with Gasteiger partial charge < -0.3 is 28.9 Å². The molecule has 5 aromatic rings. The molecule has 2 N–H and O–H groups in total. The first-order valence-electron chi connectivity index (χ1n) is 23.5. The molecule has 2 aromatic heterocycles. The van der Waals surface area contributed by atoms with Crippen LogP contribution in [-0.4, -0.2) is 135 Å².